The van der Waals surface area contributed by atoms with E-state index in [9.17, 15) is 0 Å². The zero-order chi connectivity index (χ0) is 11.7. The minimum atomic E-state index is 0.611. The van der Waals surface area contributed by atoms with Crippen molar-refractivity contribution in [1.29, 1.82) is 0 Å². The van der Waals surface area contributed by atoms with Crippen LogP contribution in [0.2, 0.25) is 0 Å². The fourth-order valence-electron chi connectivity index (χ4n) is 1.62. The third-order valence-electron chi connectivity index (χ3n) is 2.40. The van der Waals surface area contributed by atoms with Gasteiger partial charge in [-0.1, -0.05) is 11.3 Å². The molecule has 0 aliphatic carbocycles. The SMILES string of the molecule is NCCc1cn2nc(-c3cccnc3)sc2n1. The summed E-state index contributed by atoms with van der Waals surface area (Å²) in [5, 5.41) is 5.41. The van der Waals surface area contributed by atoms with Crippen LogP contribution in [0.5, 0.6) is 0 Å². The minimum absolute atomic E-state index is 0.611. The Bertz CT molecular complexity index is 596. The van der Waals surface area contributed by atoms with E-state index in [2.05, 4.69) is 15.1 Å². The second-order valence-electron chi connectivity index (χ2n) is 3.65. The number of fused-ring (bicyclic) bond motifs is 1. The van der Waals surface area contributed by atoms with Crippen LogP contribution in [-0.2, 0) is 6.42 Å². The summed E-state index contributed by atoms with van der Waals surface area (Å²) in [5.74, 6) is 0. The summed E-state index contributed by atoms with van der Waals surface area (Å²) in [6.45, 7) is 0.611. The largest absolute Gasteiger partial charge is 0.330 e. The molecule has 0 amide bonds. The number of pyridine rings is 1. The Morgan fingerprint density at radius 3 is 3.06 bits per heavy atom. The standard InChI is InChI=1S/C11H11N5S/c12-4-3-9-7-16-11(14-9)17-10(15-16)8-2-1-5-13-6-8/h1-2,5-7H,3-4,12H2. The van der Waals surface area contributed by atoms with E-state index < -0.39 is 0 Å². The zero-order valence-electron chi connectivity index (χ0n) is 9.08. The molecule has 3 rings (SSSR count). The second-order valence-corrected chi connectivity index (χ2v) is 4.60. The molecule has 3 aromatic rings. The summed E-state index contributed by atoms with van der Waals surface area (Å²) in [7, 11) is 0. The number of nitrogens with two attached hydrogens (primary N) is 1. The van der Waals surface area contributed by atoms with Gasteiger partial charge in [0.1, 0.15) is 5.01 Å². The van der Waals surface area contributed by atoms with Crippen LogP contribution < -0.4 is 5.73 Å². The average Bonchev–Trinajstić information content (AvgIpc) is 2.88. The first-order valence-electron chi connectivity index (χ1n) is 5.32. The van der Waals surface area contributed by atoms with E-state index >= 15 is 0 Å². The van der Waals surface area contributed by atoms with Crippen LogP contribution in [0.3, 0.4) is 0 Å². The van der Waals surface area contributed by atoms with Gasteiger partial charge in [-0.05, 0) is 18.7 Å². The van der Waals surface area contributed by atoms with Crippen LogP contribution in [0.1, 0.15) is 5.69 Å². The van der Waals surface area contributed by atoms with Crippen molar-refractivity contribution in [3.8, 4) is 10.6 Å². The highest BCUT2D eigenvalue weighted by molar-refractivity contribution is 7.19. The predicted octanol–water partition coefficient (Wildman–Crippen LogP) is 1.35. The van der Waals surface area contributed by atoms with Crippen LogP contribution in [0.25, 0.3) is 15.5 Å². The highest BCUT2D eigenvalue weighted by Gasteiger charge is 2.09. The molecule has 0 aromatic carbocycles. The molecule has 3 aromatic heterocycles. The summed E-state index contributed by atoms with van der Waals surface area (Å²) in [6, 6.07) is 3.89. The maximum Gasteiger partial charge on any atom is 0.212 e. The summed E-state index contributed by atoms with van der Waals surface area (Å²) in [4.78, 5) is 9.45. The fourth-order valence-corrected chi connectivity index (χ4v) is 2.51. The van der Waals surface area contributed by atoms with Crippen molar-refractivity contribution in [2.75, 3.05) is 6.54 Å². The molecule has 0 aliphatic rings. The van der Waals surface area contributed by atoms with E-state index in [4.69, 9.17) is 5.73 Å². The second kappa shape index (κ2) is 4.23. The third kappa shape index (κ3) is 1.92. The lowest BCUT2D eigenvalue weighted by Gasteiger charge is -1.92. The van der Waals surface area contributed by atoms with Crippen molar-refractivity contribution in [1.82, 2.24) is 19.6 Å². The Morgan fingerprint density at radius 1 is 1.41 bits per heavy atom. The quantitative estimate of drug-likeness (QED) is 0.756. The maximum absolute atomic E-state index is 5.50. The van der Waals surface area contributed by atoms with Crippen molar-refractivity contribution in [2.24, 2.45) is 5.73 Å². The third-order valence-corrected chi connectivity index (χ3v) is 3.37. The molecule has 17 heavy (non-hydrogen) atoms. The van der Waals surface area contributed by atoms with Gasteiger partial charge in [-0.3, -0.25) is 4.98 Å². The highest BCUT2D eigenvalue weighted by atomic mass is 32.1. The minimum Gasteiger partial charge on any atom is -0.330 e. The number of imidazole rings is 1. The first-order valence-corrected chi connectivity index (χ1v) is 6.14. The topological polar surface area (TPSA) is 69.1 Å². The first-order chi connectivity index (χ1) is 8.36. The molecule has 6 heteroatoms. The summed E-state index contributed by atoms with van der Waals surface area (Å²) in [5.41, 5.74) is 7.50. The molecule has 0 saturated heterocycles. The molecule has 0 spiro atoms. The Kier molecular flexibility index (Phi) is 2.58. The molecule has 0 fully saturated rings. The van der Waals surface area contributed by atoms with Gasteiger partial charge in [0.2, 0.25) is 4.96 Å². The number of hydrogen-bond donors (Lipinski definition) is 1. The van der Waals surface area contributed by atoms with Gasteiger partial charge in [0.15, 0.2) is 0 Å². The molecule has 0 aliphatic heterocycles. The molecule has 0 bridgehead atoms. The van der Waals surface area contributed by atoms with Crippen molar-refractivity contribution in [2.45, 2.75) is 6.42 Å². The Morgan fingerprint density at radius 2 is 2.35 bits per heavy atom. The highest BCUT2D eigenvalue weighted by Crippen LogP contribution is 2.24. The molecule has 3 heterocycles. The van der Waals surface area contributed by atoms with Gasteiger partial charge in [0.05, 0.1) is 11.9 Å². The van der Waals surface area contributed by atoms with Crippen LogP contribution in [0, 0.1) is 0 Å². The molecule has 5 nitrogen and oxygen atoms in total. The molecule has 86 valence electrons. The van der Waals surface area contributed by atoms with Gasteiger partial charge < -0.3 is 5.73 Å². The Balaban J connectivity index is 2.01. The summed E-state index contributed by atoms with van der Waals surface area (Å²) < 4.78 is 1.80. The van der Waals surface area contributed by atoms with Crippen molar-refractivity contribution < 1.29 is 0 Å². The van der Waals surface area contributed by atoms with Crippen LogP contribution in [0.4, 0.5) is 0 Å². The molecular formula is C11H11N5S. The smallest absolute Gasteiger partial charge is 0.212 e. The van der Waals surface area contributed by atoms with E-state index in [-0.39, 0.29) is 0 Å². The lowest BCUT2D eigenvalue weighted by Crippen LogP contribution is -2.02. The van der Waals surface area contributed by atoms with E-state index in [1.165, 1.54) is 0 Å². The maximum atomic E-state index is 5.50. The van der Waals surface area contributed by atoms with E-state index in [0.717, 1.165) is 27.6 Å². The Labute approximate surface area is 102 Å². The normalized spacial score (nSPS) is 11.1. The molecule has 0 unspecified atom stereocenters. The fraction of sp³-hybridized carbons (Fsp3) is 0.182. The molecule has 0 atom stereocenters. The van der Waals surface area contributed by atoms with Crippen LogP contribution >= 0.6 is 11.3 Å². The summed E-state index contributed by atoms with van der Waals surface area (Å²) in [6.07, 6.45) is 6.28. The predicted molar refractivity (Wildman–Crippen MR) is 66.9 cm³/mol. The number of aromatic nitrogens is 4. The molecule has 2 N–H and O–H groups in total. The van der Waals surface area contributed by atoms with Crippen LogP contribution in [0.15, 0.2) is 30.7 Å². The summed E-state index contributed by atoms with van der Waals surface area (Å²) >= 11 is 1.56. The number of hydrogen-bond acceptors (Lipinski definition) is 5. The molecule has 0 radical (unpaired) electrons. The lowest BCUT2D eigenvalue weighted by atomic mass is 10.3. The molecular weight excluding hydrogens is 234 g/mol. The lowest BCUT2D eigenvalue weighted by molar-refractivity contribution is 0.924. The Hall–Kier alpha value is -1.79. The van der Waals surface area contributed by atoms with Gasteiger partial charge in [-0.15, -0.1) is 0 Å². The van der Waals surface area contributed by atoms with Gasteiger partial charge in [-0.2, -0.15) is 5.10 Å². The zero-order valence-corrected chi connectivity index (χ0v) is 9.89. The number of rotatable bonds is 3. The van der Waals surface area contributed by atoms with Gasteiger partial charge in [0.25, 0.3) is 0 Å². The van der Waals surface area contributed by atoms with Crippen molar-refractivity contribution in [3.63, 3.8) is 0 Å². The van der Waals surface area contributed by atoms with Gasteiger partial charge in [0, 0.05) is 24.4 Å². The van der Waals surface area contributed by atoms with Crippen molar-refractivity contribution >= 4 is 16.3 Å². The van der Waals surface area contributed by atoms with Crippen molar-refractivity contribution in [3.05, 3.63) is 36.4 Å². The molecule has 0 saturated carbocycles. The van der Waals surface area contributed by atoms with Crippen LogP contribution in [-0.4, -0.2) is 26.1 Å². The first kappa shape index (κ1) is 10.4. The van der Waals surface area contributed by atoms with E-state index in [1.807, 2.05) is 18.3 Å². The monoisotopic (exact) mass is 245 g/mol. The average molecular weight is 245 g/mol. The van der Waals surface area contributed by atoms with E-state index in [0.29, 0.717) is 6.54 Å². The van der Waals surface area contributed by atoms with Gasteiger partial charge in [-0.25, -0.2) is 9.50 Å². The number of nitrogens with zero attached hydrogens (tertiary/aromatic N) is 4. The van der Waals surface area contributed by atoms with Gasteiger partial charge >= 0.3 is 0 Å². The van der Waals surface area contributed by atoms with E-state index in [1.54, 1.807) is 28.2 Å².